The largest absolute Gasteiger partial charge is 0.489 e. The summed E-state index contributed by atoms with van der Waals surface area (Å²) in [7, 11) is 1.38. The zero-order chi connectivity index (χ0) is 13.8. The zero-order valence-electron chi connectivity index (χ0n) is 10.7. The predicted octanol–water partition coefficient (Wildman–Crippen LogP) is 0.834. The fourth-order valence-electron chi connectivity index (χ4n) is 2.45. The fraction of sp³-hybridized carbons (Fsp3) is 0.583. The third-order valence-electron chi connectivity index (χ3n) is 3.42. The van der Waals surface area contributed by atoms with Gasteiger partial charge in [0.1, 0.15) is 0 Å². The second-order valence-corrected chi connectivity index (χ2v) is 4.59. The number of hydrogen-bond acceptors (Lipinski definition) is 5. The first-order chi connectivity index (χ1) is 9.13. The van der Waals surface area contributed by atoms with Crippen LogP contribution in [0.2, 0.25) is 0 Å². The summed E-state index contributed by atoms with van der Waals surface area (Å²) in [6, 6.07) is -0.227. The molecule has 1 saturated carbocycles. The van der Waals surface area contributed by atoms with Crippen LogP contribution >= 0.6 is 0 Å². The normalized spacial score (nSPS) is 22.8. The van der Waals surface area contributed by atoms with Gasteiger partial charge in [-0.25, -0.2) is 4.98 Å². The van der Waals surface area contributed by atoms with Gasteiger partial charge in [-0.15, -0.1) is 0 Å². The van der Waals surface area contributed by atoms with Crippen LogP contribution in [-0.2, 0) is 4.79 Å². The van der Waals surface area contributed by atoms with Gasteiger partial charge in [0.15, 0.2) is 5.82 Å². The van der Waals surface area contributed by atoms with Crippen molar-refractivity contribution in [3.05, 3.63) is 16.7 Å². The van der Waals surface area contributed by atoms with E-state index < -0.39 is 11.9 Å². The van der Waals surface area contributed by atoms with Gasteiger partial charge in [-0.05, 0) is 12.8 Å². The molecule has 1 fully saturated rings. The Morgan fingerprint density at radius 1 is 1.53 bits per heavy atom. The number of anilines is 1. The molecule has 0 aliphatic heterocycles. The van der Waals surface area contributed by atoms with Gasteiger partial charge in [0.25, 0.3) is 5.56 Å². The third-order valence-corrected chi connectivity index (χ3v) is 3.42. The Labute approximate surface area is 110 Å². The molecule has 0 saturated heterocycles. The lowest BCUT2D eigenvalue weighted by Crippen LogP contribution is -2.37. The highest BCUT2D eigenvalue weighted by Crippen LogP contribution is 2.28. The molecule has 104 valence electrons. The van der Waals surface area contributed by atoms with Gasteiger partial charge in [-0.1, -0.05) is 12.8 Å². The van der Waals surface area contributed by atoms with Crippen LogP contribution in [0.15, 0.2) is 11.1 Å². The minimum Gasteiger partial charge on any atom is -0.489 e. The average molecular weight is 267 g/mol. The van der Waals surface area contributed by atoms with E-state index in [0.717, 1.165) is 19.3 Å². The lowest BCUT2D eigenvalue weighted by atomic mass is 9.84. The van der Waals surface area contributed by atoms with Crippen molar-refractivity contribution in [3.8, 4) is 5.75 Å². The maximum atomic E-state index is 11.6. The molecule has 1 aromatic heterocycles. The van der Waals surface area contributed by atoms with Crippen LogP contribution in [0.25, 0.3) is 0 Å². The highest BCUT2D eigenvalue weighted by molar-refractivity contribution is 5.72. The van der Waals surface area contributed by atoms with Crippen LogP contribution in [-0.4, -0.2) is 34.2 Å². The summed E-state index contributed by atoms with van der Waals surface area (Å²) < 4.78 is 5.00. The van der Waals surface area contributed by atoms with Crippen molar-refractivity contribution in [1.82, 2.24) is 9.97 Å². The molecule has 1 heterocycles. The van der Waals surface area contributed by atoms with Gasteiger partial charge >= 0.3 is 5.97 Å². The number of aliphatic carboxylic acids is 1. The zero-order valence-corrected chi connectivity index (χ0v) is 10.7. The average Bonchev–Trinajstić information content (AvgIpc) is 2.39. The molecule has 1 aromatic rings. The number of hydrogen-bond donors (Lipinski definition) is 3. The first kappa shape index (κ1) is 13.4. The molecule has 2 atom stereocenters. The van der Waals surface area contributed by atoms with Gasteiger partial charge < -0.3 is 20.1 Å². The van der Waals surface area contributed by atoms with Crippen molar-refractivity contribution in [1.29, 1.82) is 0 Å². The minimum absolute atomic E-state index is 0.0808. The van der Waals surface area contributed by atoms with Crippen LogP contribution in [0.4, 0.5) is 5.82 Å². The van der Waals surface area contributed by atoms with Crippen molar-refractivity contribution >= 4 is 11.8 Å². The lowest BCUT2D eigenvalue weighted by Gasteiger charge is -2.29. The second kappa shape index (κ2) is 5.73. The van der Waals surface area contributed by atoms with E-state index in [4.69, 9.17) is 4.74 Å². The first-order valence-corrected chi connectivity index (χ1v) is 6.24. The standard InChI is InChI=1S/C12H17N3O4/c1-19-9-10(13-6-14-11(9)16)15-8-5-3-2-4-7(8)12(17)18/h6-8H,2-5H2,1H3,(H,17,18)(H2,13,14,15,16). The molecule has 2 rings (SSSR count). The third kappa shape index (κ3) is 2.86. The Morgan fingerprint density at radius 3 is 2.95 bits per heavy atom. The molecule has 7 nitrogen and oxygen atoms in total. The number of aromatic amines is 1. The smallest absolute Gasteiger partial charge is 0.308 e. The van der Waals surface area contributed by atoms with E-state index in [9.17, 15) is 14.7 Å². The topological polar surface area (TPSA) is 104 Å². The molecule has 7 heteroatoms. The fourth-order valence-corrected chi connectivity index (χ4v) is 2.45. The molecular formula is C12H17N3O4. The van der Waals surface area contributed by atoms with E-state index in [1.54, 1.807) is 0 Å². The van der Waals surface area contributed by atoms with E-state index in [-0.39, 0.29) is 17.4 Å². The van der Waals surface area contributed by atoms with E-state index in [1.165, 1.54) is 13.4 Å². The molecule has 3 N–H and O–H groups in total. The van der Waals surface area contributed by atoms with E-state index >= 15 is 0 Å². The summed E-state index contributed by atoms with van der Waals surface area (Å²) >= 11 is 0. The number of carboxylic acid groups (broad SMARTS) is 1. The monoisotopic (exact) mass is 267 g/mol. The Bertz CT molecular complexity index is 514. The summed E-state index contributed by atoms with van der Waals surface area (Å²) in [5.74, 6) is -0.901. The van der Waals surface area contributed by atoms with Gasteiger partial charge in [0.2, 0.25) is 5.75 Å². The van der Waals surface area contributed by atoms with Gasteiger partial charge in [0.05, 0.1) is 19.4 Å². The van der Waals surface area contributed by atoms with Crippen LogP contribution < -0.4 is 15.6 Å². The van der Waals surface area contributed by atoms with Crippen molar-refractivity contribution in [2.45, 2.75) is 31.7 Å². The summed E-state index contributed by atoms with van der Waals surface area (Å²) in [5, 5.41) is 12.2. The van der Waals surface area contributed by atoms with Crippen LogP contribution in [0.5, 0.6) is 5.75 Å². The summed E-state index contributed by atoms with van der Waals surface area (Å²) in [6.45, 7) is 0. The molecule has 0 aromatic carbocycles. The number of carboxylic acids is 1. The SMILES string of the molecule is COc1c(NC2CCCCC2C(=O)O)nc[nH]c1=O. The maximum absolute atomic E-state index is 11.6. The van der Waals surface area contributed by atoms with Crippen LogP contribution in [0.1, 0.15) is 25.7 Å². The number of H-pyrrole nitrogens is 1. The number of ether oxygens (including phenoxy) is 1. The van der Waals surface area contributed by atoms with Gasteiger partial charge in [-0.2, -0.15) is 0 Å². The van der Waals surface area contributed by atoms with Crippen molar-refractivity contribution < 1.29 is 14.6 Å². The molecule has 0 amide bonds. The van der Waals surface area contributed by atoms with E-state index in [0.29, 0.717) is 12.2 Å². The van der Waals surface area contributed by atoms with Gasteiger partial charge in [-0.3, -0.25) is 9.59 Å². The number of carbonyl (C=O) groups is 1. The molecule has 0 radical (unpaired) electrons. The predicted molar refractivity (Wildman–Crippen MR) is 68.4 cm³/mol. The Hall–Kier alpha value is -2.05. The minimum atomic E-state index is -0.819. The van der Waals surface area contributed by atoms with E-state index in [2.05, 4.69) is 15.3 Å². The summed E-state index contributed by atoms with van der Waals surface area (Å²) in [6.07, 6.45) is 4.53. The van der Waals surface area contributed by atoms with Crippen molar-refractivity contribution in [2.75, 3.05) is 12.4 Å². The van der Waals surface area contributed by atoms with Crippen LogP contribution in [0.3, 0.4) is 0 Å². The second-order valence-electron chi connectivity index (χ2n) is 4.59. The highest BCUT2D eigenvalue weighted by atomic mass is 16.5. The number of methoxy groups -OCH3 is 1. The summed E-state index contributed by atoms with van der Waals surface area (Å²) in [4.78, 5) is 29.2. The molecule has 2 unspecified atom stereocenters. The van der Waals surface area contributed by atoms with Crippen molar-refractivity contribution in [3.63, 3.8) is 0 Å². The number of aromatic nitrogens is 2. The molecule has 19 heavy (non-hydrogen) atoms. The van der Waals surface area contributed by atoms with Crippen molar-refractivity contribution in [2.24, 2.45) is 5.92 Å². The number of nitrogens with zero attached hydrogens (tertiary/aromatic N) is 1. The first-order valence-electron chi connectivity index (χ1n) is 6.24. The molecule has 1 aliphatic carbocycles. The molecule has 0 bridgehead atoms. The quantitative estimate of drug-likeness (QED) is 0.746. The molecule has 1 aliphatic rings. The summed E-state index contributed by atoms with van der Waals surface area (Å²) in [5.41, 5.74) is -0.386. The van der Waals surface area contributed by atoms with Gasteiger partial charge in [0, 0.05) is 6.04 Å². The lowest BCUT2D eigenvalue weighted by molar-refractivity contribution is -0.143. The number of rotatable bonds is 4. The Balaban J connectivity index is 2.22. The Kier molecular flexibility index (Phi) is 4.03. The van der Waals surface area contributed by atoms with Crippen LogP contribution in [0, 0.1) is 5.92 Å². The number of nitrogens with one attached hydrogen (secondary N) is 2. The molecule has 0 spiro atoms. The molecular weight excluding hydrogens is 250 g/mol. The highest BCUT2D eigenvalue weighted by Gasteiger charge is 2.31. The maximum Gasteiger partial charge on any atom is 0.308 e. The Morgan fingerprint density at radius 2 is 2.26 bits per heavy atom. The van der Waals surface area contributed by atoms with E-state index in [1.807, 2.05) is 0 Å².